The molecule has 0 aliphatic carbocycles. The Morgan fingerprint density at radius 3 is 1.53 bits per heavy atom. The van der Waals surface area contributed by atoms with Crippen molar-refractivity contribution >= 4 is 44.0 Å². The minimum atomic E-state index is 0.587. The van der Waals surface area contributed by atoms with Crippen molar-refractivity contribution in [1.29, 1.82) is 0 Å². The average molecular weight is 555 g/mol. The molecule has 0 saturated carbocycles. The third kappa shape index (κ3) is 3.85. The van der Waals surface area contributed by atoms with E-state index < -0.39 is 0 Å². The number of para-hydroxylation sites is 4. The summed E-state index contributed by atoms with van der Waals surface area (Å²) in [5, 5.41) is 2.11. The highest BCUT2D eigenvalue weighted by atomic mass is 16.4. The molecule has 5 aromatic carbocycles. The highest BCUT2D eigenvalue weighted by molar-refractivity contribution is 6.11. The molecule has 6 heteroatoms. The zero-order chi connectivity index (χ0) is 28.3. The van der Waals surface area contributed by atoms with Crippen molar-refractivity contribution in [2.75, 3.05) is 0 Å². The molecule has 6 nitrogen and oxygen atoms in total. The molecule has 0 atom stereocenters. The summed E-state index contributed by atoms with van der Waals surface area (Å²) in [4.78, 5) is 14.4. The second-order valence-electron chi connectivity index (χ2n) is 10.5. The van der Waals surface area contributed by atoms with Crippen molar-refractivity contribution in [2.24, 2.45) is 0 Å². The highest BCUT2D eigenvalue weighted by Gasteiger charge is 2.18. The van der Waals surface area contributed by atoms with Gasteiger partial charge < -0.3 is 8.83 Å². The van der Waals surface area contributed by atoms with Gasteiger partial charge in [0.05, 0.1) is 11.0 Å². The van der Waals surface area contributed by atoms with Crippen molar-refractivity contribution in [1.82, 2.24) is 19.5 Å². The van der Waals surface area contributed by atoms with Crippen LogP contribution in [-0.2, 0) is 0 Å². The van der Waals surface area contributed by atoms with Gasteiger partial charge in [0.2, 0.25) is 11.8 Å². The molecule has 0 aliphatic rings. The number of pyridine rings is 1. The molecule has 9 rings (SSSR count). The van der Waals surface area contributed by atoms with Crippen molar-refractivity contribution in [3.8, 4) is 39.9 Å². The highest BCUT2D eigenvalue weighted by Crippen LogP contribution is 2.37. The smallest absolute Gasteiger partial charge is 0.227 e. The van der Waals surface area contributed by atoms with Gasteiger partial charge in [0.25, 0.3) is 0 Å². The average Bonchev–Trinajstić information content (AvgIpc) is 3.78. The van der Waals surface area contributed by atoms with E-state index in [2.05, 4.69) is 65.2 Å². The fourth-order valence-corrected chi connectivity index (χ4v) is 5.85. The normalized spacial score (nSPS) is 11.7. The molecule has 0 N–H and O–H groups in total. The van der Waals surface area contributed by atoms with Crippen LogP contribution in [0.5, 0.6) is 0 Å². The first-order valence-electron chi connectivity index (χ1n) is 14.1. The molecule has 43 heavy (non-hydrogen) atoms. The van der Waals surface area contributed by atoms with Gasteiger partial charge in [-0.15, -0.1) is 0 Å². The van der Waals surface area contributed by atoms with E-state index in [1.807, 2.05) is 72.9 Å². The maximum Gasteiger partial charge on any atom is 0.227 e. The molecule has 0 fully saturated rings. The van der Waals surface area contributed by atoms with E-state index in [-0.39, 0.29) is 0 Å². The van der Waals surface area contributed by atoms with Crippen LogP contribution in [0.4, 0.5) is 0 Å². The SMILES string of the molecule is c1ccc(-c2ccc(-n3c4ccc(-c5nc6ccccc6o5)cc4c4cc(-c5nc6ccccc6o5)ccc43)nc2)cc1. The first kappa shape index (κ1) is 23.7. The summed E-state index contributed by atoms with van der Waals surface area (Å²) in [7, 11) is 0. The first-order valence-corrected chi connectivity index (χ1v) is 14.1. The van der Waals surface area contributed by atoms with Crippen LogP contribution < -0.4 is 0 Å². The van der Waals surface area contributed by atoms with Gasteiger partial charge in [0.1, 0.15) is 16.9 Å². The minimum Gasteiger partial charge on any atom is -0.436 e. The summed E-state index contributed by atoms with van der Waals surface area (Å²) >= 11 is 0. The summed E-state index contributed by atoms with van der Waals surface area (Å²) < 4.78 is 14.5. The molecule has 0 spiro atoms. The summed E-state index contributed by atoms with van der Waals surface area (Å²) in [5.74, 6) is 2.01. The van der Waals surface area contributed by atoms with E-state index in [1.165, 1.54) is 0 Å². The van der Waals surface area contributed by atoms with Crippen molar-refractivity contribution < 1.29 is 8.83 Å². The summed E-state index contributed by atoms with van der Waals surface area (Å²) in [5.41, 5.74) is 9.28. The Kier molecular flexibility index (Phi) is 5.10. The van der Waals surface area contributed by atoms with Crippen molar-refractivity contribution in [2.45, 2.75) is 0 Å². The fraction of sp³-hybridized carbons (Fsp3) is 0. The quantitative estimate of drug-likeness (QED) is 0.217. The van der Waals surface area contributed by atoms with Crippen LogP contribution >= 0.6 is 0 Å². The Morgan fingerprint density at radius 1 is 0.465 bits per heavy atom. The number of aromatic nitrogens is 4. The monoisotopic (exact) mass is 554 g/mol. The van der Waals surface area contributed by atoms with Crippen LogP contribution in [0, 0.1) is 0 Å². The number of hydrogen-bond acceptors (Lipinski definition) is 5. The summed E-state index contributed by atoms with van der Waals surface area (Å²) in [6.07, 6.45) is 1.93. The van der Waals surface area contributed by atoms with Crippen LogP contribution in [0.2, 0.25) is 0 Å². The van der Waals surface area contributed by atoms with Crippen molar-refractivity contribution in [3.63, 3.8) is 0 Å². The van der Waals surface area contributed by atoms with E-state index in [4.69, 9.17) is 23.8 Å². The van der Waals surface area contributed by atoms with Crippen LogP contribution in [0.25, 0.3) is 83.9 Å². The lowest BCUT2D eigenvalue weighted by Crippen LogP contribution is -1.97. The number of benzene rings is 5. The summed E-state index contributed by atoms with van der Waals surface area (Å²) in [6.45, 7) is 0. The zero-order valence-corrected chi connectivity index (χ0v) is 22.8. The molecule has 0 bridgehead atoms. The topological polar surface area (TPSA) is 69.9 Å². The lowest BCUT2D eigenvalue weighted by molar-refractivity contribution is 0.619. The second kappa shape index (κ2) is 9.26. The number of nitrogens with zero attached hydrogens (tertiary/aromatic N) is 4. The van der Waals surface area contributed by atoms with Gasteiger partial charge in [-0.3, -0.25) is 4.57 Å². The Balaban J connectivity index is 1.25. The Labute approximate surface area is 245 Å². The zero-order valence-electron chi connectivity index (χ0n) is 22.8. The van der Waals surface area contributed by atoms with Crippen LogP contribution in [-0.4, -0.2) is 19.5 Å². The van der Waals surface area contributed by atoms with E-state index in [9.17, 15) is 0 Å². The molecule has 4 heterocycles. The van der Waals surface area contributed by atoms with Gasteiger partial charge in [0.15, 0.2) is 11.2 Å². The number of hydrogen-bond donors (Lipinski definition) is 0. The van der Waals surface area contributed by atoms with Crippen LogP contribution in [0.3, 0.4) is 0 Å². The Morgan fingerprint density at radius 2 is 1.00 bits per heavy atom. The fourth-order valence-electron chi connectivity index (χ4n) is 5.85. The van der Waals surface area contributed by atoms with Gasteiger partial charge in [-0.05, 0) is 78.4 Å². The second-order valence-corrected chi connectivity index (χ2v) is 10.5. The van der Waals surface area contributed by atoms with Gasteiger partial charge in [0, 0.05) is 33.7 Å². The van der Waals surface area contributed by atoms with E-state index in [0.29, 0.717) is 11.8 Å². The minimum absolute atomic E-state index is 0.587. The molecule has 0 saturated heterocycles. The largest absolute Gasteiger partial charge is 0.436 e. The molecule has 0 aliphatic heterocycles. The lowest BCUT2D eigenvalue weighted by Gasteiger charge is -2.08. The van der Waals surface area contributed by atoms with E-state index in [0.717, 1.165) is 72.1 Å². The maximum absolute atomic E-state index is 6.13. The number of fused-ring (bicyclic) bond motifs is 5. The standard InChI is InChI=1S/C37H22N4O2/c1-2-8-23(9-3-1)26-16-19-35(38-22-26)41-31-17-14-24(36-39-29-10-4-6-12-33(29)42-36)20-27(31)28-21-25(15-18-32(28)41)37-40-30-11-5-7-13-34(30)43-37/h1-22H. The van der Waals surface area contributed by atoms with Gasteiger partial charge in [-0.25, -0.2) is 15.0 Å². The van der Waals surface area contributed by atoms with Crippen molar-refractivity contribution in [3.05, 3.63) is 134 Å². The van der Waals surface area contributed by atoms with Crippen LogP contribution in [0.15, 0.2) is 142 Å². The summed E-state index contributed by atoms with van der Waals surface area (Å²) in [6, 6.07) is 42.8. The first-order chi connectivity index (χ1) is 21.3. The van der Waals surface area contributed by atoms with Gasteiger partial charge >= 0.3 is 0 Å². The van der Waals surface area contributed by atoms with Crippen LogP contribution in [0.1, 0.15) is 0 Å². The van der Waals surface area contributed by atoms with E-state index in [1.54, 1.807) is 0 Å². The lowest BCUT2D eigenvalue weighted by atomic mass is 10.1. The predicted molar refractivity (Wildman–Crippen MR) is 170 cm³/mol. The number of oxazole rings is 2. The number of rotatable bonds is 4. The Hall–Kier alpha value is -6.01. The van der Waals surface area contributed by atoms with E-state index >= 15 is 0 Å². The molecular weight excluding hydrogens is 532 g/mol. The molecule has 202 valence electrons. The molecular formula is C37H22N4O2. The van der Waals surface area contributed by atoms with Gasteiger partial charge in [-0.2, -0.15) is 0 Å². The maximum atomic E-state index is 6.13. The molecule has 4 aromatic heterocycles. The third-order valence-electron chi connectivity index (χ3n) is 7.93. The Bertz CT molecular complexity index is 2250. The molecule has 0 amide bonds. The third-order valence-corrected chi connectivity index (χ3v) is 7.93. The van der Waals surface area contributed by atoms with Gasteiger partial charge in [-0.1, -0.05) is 54.6 Å². The molecule has 0 radical (unpaired) electrons. The molecule has 9 aromatic rings. The molecule has 0 unspecified atom stereocenters. The predicted octanol–water partition coefficient (Wildman–Crippen LogP) is 9.46.